The molecule has 1 N–H and O–H groups in total. The highest BCUT2D eigenvalue weighted by molar-refractivity contribution is 5.86. The van der Waals surface area contributed by atoms with Crippen molar-refractivity contribution in [3.05, 3.63) is 54.4 Å². The smallest absolute Gasteiger partial charge is 0.242 e. The van der Waals surface area contributed by atoms with Gasteiger partial charge < -0.3 is 20.0 Å². The summed E-state index contributed by atoms with van der Waals surface area (Å²) >= 11 is 0. The summed E-state index contributed by atoms with van der Waals surface area (Å²) < 4.78 is 0. The number of piperazine rings is 1. The molecule has 29 heavy (non-hydrogen) atoms. The van der Waals surface area contributed by atoms with Gasteiger partial charge in [-0.3, -0.25) is 9.79 Å². The van der Waals surface area contributed by atoms with E-state index in [-0.39, 0.29) is 12.5 Å². The molecule has 154 valence electrons. The third kappa shape index (κ3) is 5.66. The Bertz CT molecular complexity index is 789. The molecule has 2 aromatic rings. The lowest BCUT2D eigenvalue weighted by Gasteiger charge is -2.36. The van der Waals surface area contributed by atoms with Gasteiger partial charge in [0.2, 0.25) is 11.9 Å². The van der Waals surface area contributed by atoms with Crippen LogP contribution in [0.25, 0.3) is 0 Å². The summed E-state index contributed by atoms with van der Waals surface area (Å²) in [5, 5.41) is 3.23. The largest absolute Gasteiger partial charge is 0.347 e. The van der Waals surface area contributed by atoms with E-state index in [1.807, 2.05) is 48.2 Å². The molecule has 0 unspecified atom stereocenters. The van der Waals surface area contributed by atoms with Crippen molar-refractivity contribution >= 4 is 17.8 Å². The second kappa shape index (κ2) is 10.4. The Balaban J connectivity index is 1.49. The number of aliphatic imine (C=N–C) groups is 1. The SMILES string of the molecule is CCN(Cc1ccccc1)C(=O)CNC(=NC)N1CCN(c2ncccn2)CC1. The minimum absolute atomic E-state index is 0.0637. The van der Waals surface area contributed by atoms with E-state index in [2.05, 4.69) is 30.1 Å². The first-order valence-electron chi connectivity index (χ1n) is 10.0. The van der Waals surface area contributed by atoms with Crippen molar-refractivity contribution in [3.63, 3.8) is 0 Å². The van der Waals surface area contributed by atoms with E-state index in [0.717, 1.165) is 43.7 Å². The molecule has 1 aromatic heterocycles. The average molecular weight is 396 g/mol. The lowest BCUT2D eigenvalue weighted by molar-refractivity contribution is -0.130. The summed E-state index contributed by atoms with van der Waals surface area (Å²) in [6.07, 6.45) is 3.52. The second-order valence-electron chi connectivity index (χ2n) is 6.82. The highest BCUT2D eigenvalue weighted by atomic mass is 16.2. The van der Waals surface area contributed by atoms with E-state index < -0.39 is 0 Å². The van der Waals surface area contributed by atoms with E-state index in [9.17, 15) is 4.79 Å². The van der Waals surface area contributed by atoms with Gasteiger partial charge in [-0.15, -0.1) is 0 Å². The number of anilines is 1. The topological polar surface area (TPSA) is 77.0 Å². The number of hydrogen-bond donors (Lipinski definition) is 1. The minimum atomic E-state index is 0.0637. The van der Waals surface area contributed by atoms with Crippen molar-refractivity contribution < 1.29 is 4.79 Å². The van der Waals surface area contributed by atoms with Crippen LogP contribution in [0.2, 0.25) is 0 Å². The summed E-state index contributed by atoms with van der Waals surface area (Å²) in [7, 11) is 1.75. The van der Waals surface area contributed by atoms with Gasteiger partial charge in [0.1, 0.15) is 0 Å². The van der Waals surface area contributed by atoms with E-state index in [1.165, 1.54) is 0 Å². The summed E-state index contributed by atoms with van der Waals surface area (Å²) in [6.45, 7) is 6.74. The number of nitrogens with one attached hydrogen (secondary N) is 1. The van der Waals surface area contributed by atoms with Crippen LogP contribution in [0.15, 0.2) is 53.8 Å². The first-order chi connectivity index (χ1) is 14.2. The van der Waals surface area contributed by atoms with Gasteiger partial charge in [-0.1, -0.05) is 30.3 Å². The van der Waals surface area contributed by atoms with Crippen LogP contribution in [0, 0.1) is 0 Å². The lowest BCUT2D eigenvalue weighted by atomic mass is 10.2. The minimum Gasteiger partial charge on any atom is -0.347 e. The quantitative estimate of drug-likeness (QED) is 0.586. The van der Waals surface area contributed by atoms with Crippen LogP contribution < -0.4 is 10.2 Å². The molecular weight excluding hydrogens is 366 g/mol. The molecular formula is C21H29N7O. The zero-order valence-electron chi connectivity index (χ0n) is 17.2. The van der Waals surface area contributed by atoms with Gasteiger partial charge in [0.25, 0.3) is 0 Å². The summed E-state index contributed by atoms with van der Waals surface area (Å²) in [6, 6.07) is 11.9. The maximum absolute atomic E-state index is 12.7. The van der Waals surface area contributed by atoms with Gasteiger partial charge in [0, 0.05) is 58.7 Å². The molecule has 2 heterocycles. The van der Waals surface area contributed by atoms with Crippen molar-refractivity contribution in [2.24, 2.45) is 4.99 Å². The molecule has 0 radical (unpaired) electrons. The van der Waals surface area contributed by atoms with Crippen molar-refractivity contribution in [3.8, 4) is 0 Å². The predicted octanol–water partition coefficient (Wildman–Crippen LogP) is 1.22. The monoisotopic (exact) mass is 395 g/mol. The van der Waals surface area contributed by atoms with Gasteiger partial charge >= 0.3 is 0 Å². The number of nitrogens with zero attached hydrogens (tertiary/aromatic N) is 6. The number of carbonyl (C=O) groups is 1. The fraction of sp³-hybridized carbons (Fsp3) is 0.429. The molecule has 1 amide bonds. The molecule has 1 saturated heterocycles. The van der Waals surface area contributed by atoms with Gasteiger partial charge in [0.05, 0.1) is 6.54 Å². The van der Waals surface area contributed by atoms with Gasteiger partial charge in [-0.2, -0.15) is 0 Å². The van der Waals surface area contributed by atoms with Crippen LogP contribution in [0.3, 0.4) is 0 Å². The van der Waals surface area contributed by atoms with Crippen molar-refractivity contribution in [2.75, 3.05) is 51.2 Å². The third-order valence-electron chi connectivity index (χ3n) is 4.97. The van der Waals surface area contributed by atoms with E-state index in [0.29, 0.717) is 13.1 Å². The van der Waals surface area contributed by atoms with Crippen LogP contribution in [0.1, 0.15) is 12.5 Å². The molecule has 8 heteroatoms. The molecule has 1 aliphatic heterocycles. The normalized spacial score (nSPS) is 14.6. The van der Waals surface area contributed by atoms with Crippen LogP contribution in [0.5, 0.6) is 0 Å². The predicted molar refractivity (Wildman–Crippen MR) is 115 cm³/mol. The highest BCUT2D eigenvalue weighted by Crippen LogP contribution is 2.10. The van der Waals surface area contributed by atoms with Crippen LogP contribution in [-0.2, 0) is 11.3 Å². The molecule has 0 spiro atoms. The number of benzene rings is 1. The molecule has 1 fully saturated rings. The first kappa shape index (κ1) is 20.6. The van der Waals surface area contributed by atoms with Gasteiger partial charge in [-0.25, -0.2) is 9.97 Å². The van der Waals surface area contributed by atoms with E-state index >= 15 is 0 Å². The number of rotatable bonds is 6. The Kier molecular flexibility index (Phi) is 7.38. The molecule has 0 bridgehead atoms. The maximum atomic E-state index is 12.7. The standard InChI is InChI=1S/C21H29N7O/c1-3-26(17-18-8-5-4-6-9-18)19(29)16-25-20(22-2)27-12-14-28(15-13-27)21-23-10-7-11-24-21/h4-11H,3,12-17H2,1-2H3,(H,22,25). The molecule has 1 aliphatic rings. The number of amides is 1. The molecule has 0 aliphatic carbocycles. The Morgan fingerprint density at radius 3 is 2.41 bits per heavy atom. The molecule has 0 atom stereocenters. The average Bonchev–Trinajstić information content (AvgIpc) is 2.79. The van der Waals surface area contributed by atoms with E-state index in [1.54, 1.807) is 19.4 Å². The highest BCUT2D eigenvalue weighted by Gasteiger charge is 2.22. The fourth-order valence-electron chi connectivity index (χ4n) is 3.35. The zero-order valence-corrected chi connectivity index (χ0v) is 17.2. The number of carbonyl (C=O) groups excluding carboxylic acids is 1. The van der Waals surface area contributed by atoms with Crippen LogP contribution in [-0.4, -0.2) is 78.0 Å². The summed E-state index contributed by atoms with van der Waals surface area (Å²) in [5.41, 5.74) is 1.13. The summed E-state index contributed by atoms with van der Waals surface area (Å²) in [5.74, 6) is 1.57. The number of likely N-dealkylation sites (N-methyl/N-ethyl adjacent to an activating group) is 1. The van der Waals surface area contributed by atoms with Crippen molar-refractivity contribution in [1.82, 2.24) is 25.1 Å². The Morgan fingerprint density at radius 1 is 1.10 bits per heavy atom. The molecule has 3 rings (SSSR count). The Morgan fingerprint density at radius 2 is 1.79 bits per heavy atom. The Labute approximate surface area is 172 Å². The van der Waals surface area contributed by atoms with Gasteiger partial charge in [-0.05, 0) is 18.6 Å². The molecule has 0 saturated carbocycles. The third-order valence-corrected chi connectivity index (χ3v) is 4.97. The maximum Gasteiger partial charge on any atom is 0.242 e. The first-order valence-corrected chi connectivity index (χ1v) is 10.0. The Hall–Kier alpha value is -3.16. The number of aromatic nitrogens is 2. The zero-order chi connectivity index (χ0) is 20.5. The number of guanidine groups is 1. The van der Waals surface area contributed by atoms with Crippen molar-refractivity contribution in [2.45, 2.75) is 13.5 Å². The second-order valence-corrected chi connectivity index (χ2v) is 6.82. The number of hydrogen-bond acceptors (Lipinski definition) is 5. The molecule has 1 aromatic carbocycles. The van der Waals surface area contributed by atoms with Crippen LogP contribution in [0.4, 0.5) is 5.95 Å². The molecule has 8 nitrogen and oxygen atoms in total. The fourth-order valence-corrected chi connectivity index (χ4v) is 3.35. The van der Waals surface area contributed by atoms with Gasteiger partial charge in [0.15, 0.2) is 5.96 Å². The van der Waals surface area contributed by atoms with Crippen molar-refractivity contribution in [1.29, 1.82) is 0 Å². The van der Waals surface area contributed by atoms with Crippen LogP contribution >= 0.6 is 0 Å². The van der Waals surface area contributed by atoms with E-state index in [4.69, 9.17) is 0 Å². The summed E-state index contributed by atoms with van der Waals surface area (Å²) in [4.78, 5) is 31.9. The lowest BCUT2D eigenvalue weighted by Crippen LogP contribution is -2.54.